The molecule has 0 fully saturated rings. The summed E-state index contributed by atoms with van der Waals surface area (Å²) >= 11 is 0. The van der Waals surface area contributed by atoms with E-state index in [0.717, 1.165) is 29.3 Å². The molecule has 2 aromatic carbocycles. The quantitative estimate of drug-likeness (QED) is 0.129. The van der Waals surface area contributed by atoms with E-state index in [2.05, 4.69) is 11.9 Å². The molecular formula is C23H27N3O3. The van der Waals surface area contributed by atoms with Gasteiger partial charge in [0, 0.05) is 29.4 Å². The molecule has 0 heterocycles. The first-order chi connectivity index (χ1) is 13.9. The van der Waals surface area contributed by atoms with Crippen LogP contribution in [-0.4, -0.2) is 29.6 Å². The highest BCUT2D eigenvalue weighted by atomic mass is 16.5. The minimum absolute atomic E-state index is 0.0715. The molecule has 29 heavy (non-hydrogen) atoms. The number of hydrogen-bond donors (Lipinski definition) is 4. The summed E-state index contributed by atoms with van der Waals surface area (Å²) in [6, 6.07) is 10.8. The summed E-state index contributed by atoms with van der Waals surface area (Å²) in [4.78, 5) is 11.6. The number of nitrogen functional groups attached to an aromatic ring is 1. The number of rotatable bonds is 9. The standard InChI is InChI=1S/C23H27N3O3/c1-4-6-7-18(27)14-26-17-10-8-16(9-11-17)22-15(3)20(29-21(28)5-2)13-12-19(22)23(24)25/h5-13,18,26-27H,2,4,14H2,1,3H3,(H3,24,25). The average molecular weight is 393 g/mol. The van der Waals surface area contributed by atoms with Crippen LogP contribution >= 0.6 is 0 Å². The van der Waals surface area contributed by atoms with Gasteiger partial charge in [0.1, 0.15) is 11.6 Å². The van der Waals surface area contributed by atoms with Crippen LogP contribution in [0.3, 0.4) is 0 Å². The van der Waals surface area contributed by atoms with Crippen LogP contribution in [-0.2, 0) is 4.79 Å². The summed E-state index contributed by atoms with van der Waals surface area (Å²) in [7, 11) is 0. The van der Waals surface area contributed by atoms with Crippen LogP contribution < -0.4 is 15.8 Å². The summed E-state index contributed by atoms with van der Waals surface area (Å²) in [5.41, 5.74) is 9.44. The molecule has 0 aromatic heterocycles. The van der Waals surface area contributed by atoms with E-state index in [0.29, 0.717) is 23.4 Å². The average Bonchev–Trinajstić information content (AvgIpc) is 2.72. The Bertz CT molecular complexity index is 918. The van der Waals surface area contributed by atoms with Gasteiger partial charge in [0.15, 0.2) is 0 Å². The number of anilines is 1. The molecule has 0 aliphatic carbocycles. The third kappa shape index (κ3) is 5.80. The lowest BCUT2D eigenvalue weighted by Gasteiger charge is -2.16. The number of ether oxygens (including phenoxy) is 1. The SMILES string of the molecule is C=CC(=O)Oc1ccc(C(=N)N)c(-c2ccc(NCC(O)C=CCC)cc2)c1C. The number of esters is 1. The zero-order valence-corrected chi connectivity index (χ0v) is 16.7. The van der Waals surface area contributed by atoms with E-state index in [-0.39, 0.29) is 5.84 Å². The van der Waals surface area contributed by atoms with Crippen LogP contribution in [0.5, 0.6) is 5.75 Å². The highest BCUT2D eigenvalue weighted by Crippen LogP contribution is 2.34. The number of allylic oxidation sites excluding steroid dienone is 1. The lowest BCUT2D eigenvalue weighted by molar-refractivity contribution is -0.129. The molecule has 6 nitrogen and oxygen atoms in total. The number of carbonyl (C=O) groups is 1. The minimum Gasteiger partial charge on any atom is -0.423 e. The summed E-state index contributed by atoms with van der Waals surface area (Å²) < 4.78 is 5.30. The molecule has 2 rings (SSSR count). The number of aliphatic hydroxyl groups is 1. The highest BCUT2D eigenvalue weighted by Gasteiger charge is 2.16. The second-order valence-corrected chi connectivity index (χ2v) is 6.51. The molecule has 0 radical (unpaired) electrons. The van der Waals surface area contributed by atoms with Crippen molar-refractivity contribution in [2.24, 2.45) is 5.73 Å². The second kappa shape index (κ2) is 10.2. The van der Waals surface area contributed by atoms with Gasteiger partial charge in [0.2, 0.25) is 0 Å². The van der Waals surface area contributed by atoms with Crippen molar-refractivity contribution in [1.82, 2.24) is 0 Å². The Morgan fingerprint density at radius 2 is 2.00 bits per heavy atom. The van der Waals surface area contributed by atoms with Crippen LogP contribution in [0.15, 0.2) is 61.2 Å². The summed E-state index contributed by atoms with van der Waals surface area (Å²) in [5, 5.41) is 21.0. The van der Waals surface area contributed by atoms with Gasteiger partial charge in [0.05, 0.1) is 6.10 Å². The van der Waals surface area contributed by atoms with Crippen LogP contribution in [0.25, 0.3) is 11.1 Å². The van der Waals surface area contributed by atoms with E-state index in [9.17, 15) is 9.90 Å². The first-order valence-electron chi connectivity index (χ1n) is 9.38. The Morgan fingerprint density at radius 3 is 2.59 bits per heavy atom. The Kier molecular flexibility index (Phi) is 7.74. The van der Waals surface area contributed by atoms with E-state index in [1.54, 1.807) is 18.2 Å². The Balaban J connectivity index is 2.31. The number of aliphatic hydroxyl groups excluding tert-OH is 1. The molecule has 5 N–H and O–H groups in total. The third-order valence-corrected chi connectivity index (χ3v) is 4.37. The fourth-order valence-corrected chi connectivity index (χ4v) is 2.89. The van der Waals surface area contributed by atoms with Gasteiger partial charge in [-0.3, -0.25) is 5.41 Å². The number of amidine groups is 1. The predicted molar refractivity (Wildman–Crippen MR) is 117 cm³/mol. The Morgan fingerprint density at radius 1 is 1.31 bits per heavy atom. The molecular weight excluding hydrogens is 366 g/mol. The van der Waals surface area contributed by atoms with Gasteiger partial charge in [-0.1, -0.05) is 37.8 Å². The molecule has 6 heteroatoms. The maximum absolute atomic E-state index is 11.6. The van der Waals surface area contributed by atoms with Gasteiger partial charge in [0.25, 0.3) is 0 Å². The third-order valence-electron chi connectivity index (χ3n) is 4.37. The number of carbonyl (C=O) groups excluding carboxylic acids is 1. The van der Waals surface area contributed by atoms with Gasteiger partial charge in [-0.2, -0.15) is 0 Å². The monoisotopic (exact) mass is 393 g/mol. The van der Waals surface area contributed by atoms with E-state index in [4.69, 9.17) is 15.9 Å². The van der Waals surface area contributed by atoms with Crippen molar-refractivity contribution in [3.63, 3.8) is 0 Å². The van der Waals surface area contributed by atoms with Crippen molar-refractivity contribution in [3.05, 3.63) is 72.3 Å². The molecule has 1 unspecified atom stereocenters. The van der Waals surface area contributed by atoms with Crippen molar-refractivity contribution in [1.29, 1.82) is 5.41 Å². The van der Waals surface area contributed by atoms with Crippen LogP contribution in [0.4, 0.5) is 5.69 Å². The molecule has 0 spiro atoms. The normalized spacial score (nSPS) is 11.8. The summed E-state index contributed by atoms with van der Waals surface area (Å²) in [5.74, 6) is -0.231. The molecule has 0 bridgehead atoms. The Hall–Kier alpha value is -3.38. The van der Waals surface area contributed by atoms with Gasteiger partial charge in [-0.15, -0.1) is 0 Å². The van der Waals surface area contributed by atoms with Crippen molar-refractivity contribution < 1.29 is 14.6 Å². The molecule has 1 atom stereocenters. The zero-order valence-electron chi connectivity index (χ0n) is 16.7. The topological polar surface area (TPSA) is 108 Å². The van der Waals surface area contributed by atoms with Gasteiger partial charge in [-0.05, 0) is 48.7 Å². The maximum Gasteiger partial charge on any atom is 0.335 e. The van der Waals surface area contributed by atoms with E-state index >= 15 is 0 Å². The van der Waals surface area contributed by atoms with Crippen molar-refractivity contribution in [2.75, 3.05) is 11.9 Å². The van der Waals surface area contributed by atoms with Gasteiger partial charge in [-0.25, -0.2) is 4.79 Å². The molecule has 0 saturated heterocycles. The number of nitrogens with two attached hydrogens (primary N) is 1. The van der Waals surface area contributed by atoms with Crippen molar-refractivity contribution >= 4 is 17.5 Å². The largest absolute Gasteiger partial charge is 0.423 e. The van der Waals surface area contributed by atoms with Gasteiger partial charge >= 0.3 is 5.97 Å². The predicted octanol–water partition coefficient (Wildman–Crippen LogP) is 3.78. The van der Waals surface area contributed by atoms with Crippen LogP contribution in [0.2, 0.25) is 0 Å². The Labute approximate surface area is 171 Å². The number of nitrogens with one attached hydrogen (secondary N) is 2. The number of benzene rings is 2. The first kappa shape index (κ1) is 21.9. The van der Waals surface area contributed by atoms with Crippen molar-refractivity contribution in [2.45, 2.75) is 26.4 Å². The minimum atomic E-state index is -0.558. The lowest BCUT2D eigenvalue weighted by Crippen LogP contribution is -2.16. The maximum atomic E-state index is 11.6. The second-order valence-electron chi connectivity index (χ2n) is 6.51. The van der Waals surface area contributed by atoms with Crippen LogP contribution in [0.1, 0.15) is 24.5 Å². The van der Waals surface area contributed by atoms with Crippen LogP contribution in [0, 0.1) is 12.3 Å². The first-order valence-corrected chi connectivity index (χ1v) is 9.38. The smallest absolute Gasteiger partial charge is 0.335 e. The number of hydrogen-bond acceptors (Lipinski definition) is 5. The van der Waals surface area contributed by atoms with E-state index in [1.807, 2.05) is 44.2 Å². The van der Waals surface area contributed by atoms with E-state index in [1.165, 1.54) is 0 Å². The molecule has 152 valence electrons. The summed E-state index contributed by atoms with van der Waals surface area (Å²) in [6.45, 7) is 7.64. The van der Waals surface area contributed by atoms with E-state index < -0.39 is 12.1 Å². The molecule has 0 amide bonds. The highest BCUT2D eigenvalue weighted by molar-refractivity contribution is 6.03. The molecule has 0 saturated carbocycles. The zero-order chi connectivity index (χ0) is 21.4. The molecule has 2 aromatic rings. The van der Waals surface area contributed by atoms with Gasteiger partial charge < -0.3 is 20.9 Å². The lowest BCUT2D eigenvalue weighted by atomic mass is 9.93. The summed E-state index contributed by atoms with van der Waals surface area (Å²) in [6.07, 6.45) is 5.11. The molecule has 0 aliphatic heterocycles. The fraction of sp³-hybridized carbons (Fsp3) is 0.217. The fourth-order valence-electron chi connectivity index (χ4n) is 2.89. The van der Waals surface area contributed by atoms with Crippen molar-refractivity contribution in [3.8, 4) is 16.9 Å². The molecule has 0 aliphatic rings.